The quantitative estimate of drug-likeness (QED) is 0.755. The molecular formula is C15H12ClNO2. The molecule has 0 atom stereocenters. The Morgan fingerprint density at radius 2 is 1.89 bits per heavy atom. The number of halogens is 1. The van der Waals surface area contributed by atoms with Crippen LogP contribution < -0.4 is 9.47 Å². The van der Waals surface area contributed by atoms with Gasteiger partial charge in [0.05, 0.1) is 12.6 Å². The number of methoxy groups -OCH3 is 1. The van der Waals surface area contributed by atoms with Crippen LogP contribution in [0.4, 0.5) is 0 Å². The maximum Gasteiger partial charge on any atom is 0.152 e. The van der Waals surface area contributed by atoms with E-state index in [-0.39, 0.29) is 0 Å². The molecule has 0 aliphatic heterocycles. The molecule has 0 bridgehead atoms. The highest BCUT2D eigenvalue weighted by atomic mass is 35.5. The van der Waals surface area contributed by atoms with Gasteiger partial charge in [-0.25, -0.2) is 0 Å². The lowest BCUT2D eigenvalue weighted by Crippen LogP contribution is -1.85. The molecule has 0 saturated carbocycles. The molecule has 0 saturated heterocycles. The lowest BCUT2D eigenvalue weighted by molar-refractivity contribution is 0.409. The van der Waals surface area contributed by atoms with Gasteiger partial charge >= 0.3 is 0 Å². The van der Waals surface area contributed by atoms with Crippen molar-refractivity contribution in [3.8, 4) is 17.2 Å². The van der Waals surface area contributed by atoms with E-state index in [0.29, 0.717) is 5.02 Å². The number of rotatable bonds is 3. The highest BCUT2D eigenvalue weighted by Crippen LogP contribution is 2.32. The van der Waals surface area contributed by atoms with Crippen LogP contribution in [0.15, 0.2) is 48.7 Å². The number of aromatic nitrogens is 1. The van der Waals surface area contributed by atoms with E-state index in [1.165, 1.54) is 0 Å². The summed E-state index contributed by atoms with van der Waals surface area (Å²) in [6.45, 7) is 0. The summed E-state index contributed by atoms with van der Waals surface area (Å²) in [5.41, 5.74) is 0.949. The molecule has 0 fully saturated rings. The van der Waals surface area contributed by atoms with Crippen molar-refractivity contribution in [2.45, 2.75) is 0 Å². The summed E-state index contributed by atoms with van der Waals surface area (Å²) in [6.07, 6.45) is 1.82. The number of nitrogens with one attached hydrogen (secondary N) is 1. The van der Waals surface area contributed by atoms with Gasteiger partial charge < -0.3 is 14.5 Å². The van der Waals surface area contributed by atoms with Crippen LogP contribution >= 0.6 is 11.6 Å². The Morgan fingerprint density at radius 1 is 1.05 bits per heavy atom. The molecule has 19 heavy (non-hydrogen) atoms. The lowest BCUT2D eigenvalue weighted by Gasteiger charge is -2.06. The maximum atomic E-state index is 5.95. The van der Waals surface area contributed by atoms with Gasteiger partial charge in [-0.2, -0.15) is 0 Å². The number of aromatic amines is 1. The lowest BCUT2D eigenvalue weighted by atomic mass is 10.2. The molecule has 1 N–H and O–H groups in total. The molecule has 0 radical (unpaired) electrons. The van der Waals surface area contributed by atoms with Gasteiger partial charge in [0.2, 0.25) is 0 Å². The number of hydrogen-bond acceptors (Lipinski definition) is 2. The van der Waals surface area contributed by atoms with E-state index in [1.54, 1.807) is 7.11 Å². The second-order valence-electron chi connectivity index (χ2n) is 4.12. The van der Waals surface area contributed by atoms with Crippen molar-refractivity contribution in [3.63, 3.8) is 0 Å². The maximum absolute atomic E-state index is 5.95. The van der Waals surface area contributed by atoms with Crippen molar-refractivity contribution < 1.29 is 9.47 Å². The first-order chi connectivity index (χ1) is 9.26. The van der Waals surface area contributed by atoms with Gasteiger partial charge in [0.15, 0.2) is 5.75 Å². The number of fused-ring (bicyclic) bond motifs is 1. The van der Waals surface area contributed by atoms with Crippen molar-refractivity contribution in [2.24, 2.45) is 0 Å². The predicted octanol–water partition coefficient (Wildman–Crippen LogP) is 4.62. The molecule has 4 heteroatoms. The average Bonchev–Trinajstić information content (AvgIpc) is 2.81. The third-order valence-corrected chi connectivity index (χ3v) is 3.11. The first-order valence-electron chi connectivity index (χ1n) is 5.85. The molecule has 3 aromatic rings. The largest absolute Gasteiger partial charge is 0.497 e. The third kappa shape index (κ3) is 2.37. The van der Waals surface area contributed by atoms with E-state index in [9.17, 15) is 0 Å². The SMILES string of the molecule is COc1cccc(Oc2c[nH]c3cc(Cl)ccc23)c1. The molecule has 0 amide bonds. The Balaban J connectivity index is 1.96. The molecular weight excluding hydrogens is 262 g/mol. The summed E-state index contributed by atoms with van der Waals surface area (Å²) >= 11 is 5.95. The molecule has 96 valence electrons. The number of benzene rings is 2. The number of H-pyrrole nitrogens is 1. The fourth-order valence-electron chi connectivity index (χ4n) is 1.95. The van der Waals surface area contributed by atoms with Gasteiger partial charge in [-0.15, -0.1) is 0 Å². The van der Waals surface area contributed by atoms with E-state index in [2.05, 4.69) is 4.98 Å². The summed E-state index contributed by atoms with van der Waals surface area (Å²) < 4.78 is 11.0. The molecule has 2 aromatic carbocycles. The van der Waals surface area contributed by atoms with Gasteiger partial charge in [-0.3, -0.25) is 0 Å². The Kier molecular flexibility index (Phi) is 3.05. The smallest absolute Gasteiger partial charge is 0.152 e. The second kappa shape index (κ2) is 4.86. The van der Waals surface area contributed by atoms with Gasteiger partial charge in [-0.1, -0.05) is 17.7 Å². The summed E-state index contributed by atoms with van der Waals surface area (Å²) in [5.74, 6) is 2.26. The Morgan fingerprint density at radius 3 is 2.74 bits per heavy atom. The zero-order valence-electron chi connectivity index (χ0n) is 10.3. The van der Waals surface area contributed by atoms with E-state index < -0.39 is 0 Å². The highest BCUT2D eigenvalue weighted by molar-refractivity contribution is 6.31. The van der Waals surface area contributed by atoms with Gasteiger partial charge in [0, 0.05) is 22.7 Å². The van der Waals surface area contributed by atoms with Crippen molar-refractivity contribution in [2.75, 3.05) is 7.11 Å². The van der Waals surface area contributed by atoms with Crippen LogP contribution in [0.5, 0.6) is 17.2 Å². The Labute approximate surface area is 115 Å². The second-order valence-corrected chi connectivity index (χ2v) is 4.56. The Hall–Kier alpha value is -2.13. The van der Waals surface area contributed by atoms with Gasteiger partial charge in [-0.05, 0) is 30.3 Å². The molecule has 1 heterocycles. The van der Waals surface area contributed by atoms with Crippen LogP contribution in [0.2, 0.25) is 5.02 Å². The topological polar surface area (TPSA) is 34.2 Å². The normalized spacial score (nSPS) is 10.6. The zero-order valence-corrected chi connectivity index (χ0v) is 11.1. The van der Waals surface area contributed by atoms with E-state index >= 15 is 0 Å². The van der Waals surface area contributed by atoms with E-state index in [0.717, 1.165) is 28.2 Å². The van der Waals surface area contributed by atoms with Crippen LogP contribution in [0.1, 0.15) is 0 Å². The molecule has 0 aliphatic carbocycles. The van der Waals surface area contributed by atoms with Crippen LogP contribution in [0, 0.1) is 0 Å². The molecule has 0 aliphatic rings. The molecule has 3 nitrogen and oxygen atoms in total. The van der Waals surface area contributed by atoms with Crippen LogP contribution in [0.3, 0.4) is 0 Å². The highest BCUT2D eigenvalue weighted by Gasteiger charge is 2.06. The minimum atomic E-state index is 0.697. The molecule has 0 unspecified atom stereocenters. The number of ether oxygens (including phenoxy) is 2. The zero-order chi connectivity index (χ0) is 13.2. The fraction of sp³-hybridized carbons (Fsp3) is 0.0667. The first-order valence-corrected chi connectivity index (χ1v) is 6.22. The molecule has 1 aromatic heterocycles. The summed E-state index contributed by atoms with van der Waals surface area (Å²) in [7, 11) is 1.63. The van der Waals surface area contributed by atoms with Crippen LogP contribution in [-0.2, 0) is 0 Å². The van der Waals surface area contributed by atoms with Crippen LogP contribution in [0.25, 0.3) is 10.9 Å². The van der Waals surface area contributed by atoms with Gasteiger partial charge in [0.25, 0.3) is 0 Å². The average molecular weight is 274 g/mol. The fourth-order valence-corrected chi connectivity index (χ4v) is 2.12. The van der Waals surface area contributed by atoms with E-state index in [4.69, 9.17) is 21.1 Å². The van der Waals surface area contributed by atoms with Crippen LogP contribution in [-0.4, -0.2) is 12.1 Å². The van der Waals surface area contributed by atoms with Crippen molar-refractivity contribution in [3.05, 3.63) is 53.7 Å². The van der Waals surface area contributed by atoms with Gasteiger partial charge in [0.1, 0.15) is 11.5 Å². The van der Waals surface area contributed by atoms with Crippen molar-refractivity contribution >= 4 is 22.5 Å². The van der Waals surface area contributed by atoms with E-state index in [1.807, 2.05) is 48.7 Å². The van der Waals surface area contributed by atoms with Crippen molar-refractivity contribution in [1.82, 2.24) is 4.98 Å². The minimum absolute atomic E-state index is 0.697. The predicted molar refractivity (Wildman–Crippen MR) is 76.4 cm³/mol. The first kappa shape index (κ1) is 11.9. The van der Waals surface area contributed by atoms with Crippen molar-refractivity contribution in [1.29, 1.82) is 0 Å². The summed E-state index contributed by atoms with van der Waals surface area (Å²) in [5, 5.41) is 1.69. The monoisotopic (exact) mass is 273 g/mol. The summed E-state index contributed by atoms with van der Waals surface area (Å²) in [6, 6.07) is 13.1. The summed E-state index contributed by atoms with van der Waals surface area (Å²) in [4.78, 5) is 3.14. The minimum Gasteiger partial charge on any atom is -0.497 e. The standard InChI is InChI=1S/C15H12ClNO2/c1-18-11-3-2-4-12(8-11)19-15-9-17-14-7-10(16)5-6-13(14)15/h2-9,17H,1H3. The molecule has 3 rings (SSSR count). The Bertz CT molecular complexity index is 721. The third-order valence-electron chi connectivity index (χ3n) is 2.87. The number of hydrogen-bond donors (Lipinski definition) is 1. The molecule has 0 spiro atoms.